The van der Waals surface area contributed by atoms with E-state index in [0.717, 1.165) is 26.2 Å². The number of methoxy groups -OCH3 is 1. The lowest BCUT2D eigenvalue weighted by Crippen LogP contribution is -2.21. The first-order chi connectivity index (χ1) is 9.38. The lowest BCUT2D eigenvalue weighted by atomic mass is 10.3. The van der Waals surface area contributed by atoms with E-state index in [1.165, 1.54) is 44.5 Å². The highest BCUT2D eigenvalue weighted by atomic mass is 16.5. The summed E-state index contributed by atoms with van der Waals surface area (Å²) in [5, 5.41) is 3.37. The SMILES string of the molecule is COCCNCc1ccn(CCCN2CCCC2)c1. The average Bonchev–Trinajstić information content (AvgIpc) is 3.07. The number of nitrogens with one attached hydrogen (secondary N) is 1. The molecular weight excluding hydrogens is 238 g/mol. The molecule has 19 heavy (non-hydrogen) atoms. The van der Waals surface area contributed by atoms with Crippen LogP contribution in [0.2, 0.25) is 0 Å². The van der Waals surface area contributed by atoms with E-state index in [0.29, 0.717) is 0 Å². The molecule has 108 valence electrons. The molecule has 1 aliphatic rings. The number of aromatic nitrogens is 1. The molecule has 1 N–H and O–H groups in total. The van der Waals surface area contributed by atoms with Gasteiger partial charge < -0.3 is 19.5 Å². The summed E-state index contributed by atoms with van der Waals surface area (Å²) in [7, 11) is 1.73. The molecule has 0 bridgehead atoms. The van der Waals surface area contributed by atoms with E-state index in [1.807, 2.05) is 0 Å². The monoisotopic (exact) mass is 265 g/mol. The summed E-state index contributed by atoms with van der Waals surface area (Å²) >= 11 is 0. The van der Waals surface area contributed by atoms with Crippen molar-refractivity contribution >= 4 is 0 Å². The van der Waals surface area contributed by atoms with Gasteiger partial charge in [-0.25, -0.2) is 0 Å². The van der Waals surface area contributed by atoms with Crippen molar-refractivity contribution < 1.29 is 4.74 Å². The highest BCUT2D eigenvalue weighted by molar-refractivity contribution is 5.09. The average molecular weight is 265 g/mol. The zero-order chi connectivity index (χ0) is 13.3. The molecule has 1 aromatic rings. The summed E-state index contributed by atoms with van der Waals surface area (Å²) in [5.41, 5.74) is 1.36. The lowest BCUT2D eigenvalue weighted by Gasteiger charge is -2.14. The molecule has 0 unspecified atom stereocenters. The molecule has 4 heteroatoms. The van der Waals surface area contributed by atoms with Crippen molar-refractivity contribution in [2.75, 3.05) is 39.9 Å². The van der Waals surface area contributed by atoms with Crippen molar-refractivity contribution in [2.24, 2.45) is 0 Å². The van der Waals surface area contributed by atoms with Gasteiger partial charge in [0.25, 0.3) is 0 Å². The smallest absolute Gasteiger partial charge is 0.0587 e. The maximum atomic E-state index is 5.01. The minimum absolute atomic E-state index is 0.774. The van der Waals surface area contributed by atoms with Crippen LogP contribution in [0, 0.1) is 0 Å². The Morgan fingerprint density at radius 3 is 2.89 bits per heavy atom. The van der Waals surface area contributed by atoms with Crippen LogP contribution in [0.3, 0.4) is 0 Å². The second kappa shape index (κ2) is 8.35. The van der Waals surface area contributed by atoms with Gasteiger partial charge in [-0.2, -0.15) is 0 Å². The molecule has 0 atom stereocenters. The van der Waals surface area contributed by atoms with Gasteiger partial charge in [0.2, 0.25) is 0 Å². The minimum Gasteiger partial charge on any atom is -0.383 e. The van der Waals surface area contributed by atoms with E-state index in [9.17, 15) is 0 Å². The Balaban J connectivity index is 1.60. The summed E-state index contributed by atoms with van der Waals surface area (Å²) in [6.07, 6.45) is 8.48. The van der Waals surface area contributed by atoms with Crippen molar-refractivity contribution in [1.82, 2.24) is 14.8 Å². The Bertz CT molecular complexity index is 345. The van der Waals surface area contributed by atoms with Crippen molar-refractivity contribution in [2.45, 2.75) is 32.4 Å². The fourth-order valence-corrected chi connectivity index (χ4v) is 2.62. The molecule has 0 aromatic carbocycles. The van der Waals surface area contributed by atoms with E-state index in [4.69, 9.17) is 4.74 Å². The predicted molar refractivity (Wildman–Crippen MR) is 78.3 cm³/mol. The molecule has 0 spiro atoms. The van der Waals surface area contributed by atoms with Crippen LogP contribution in [0.15, 0.2) is 18.5 Å². The predicted octanol–water partition coefficient (Wildman–Crippen LogP) is 1.71. The molecule has 1 aliphatic heterocycles. The summed E-state index contributed by atoms with van der Waals surface area (Å²) in [6, 6.07) is 2.20. The van der Waals surface area contributed by atoms with E-state index in [-0.39, 0.29) is 0 Å². The molecule has 4 nitrogen and oxygen atoms in total. The van der Waals surface area contributed by atoms with Crippen LogP contribution in [0.25, 0.3) is 0 Å². The quantitative estimate of drug-likeness (QED) is 0.689. The van der Waals surface area contributed by atoms with E-state index in [1.54, 1.807) is 7.11 Å². The minimum atomic E-state index is 0.774. The zero-order valence-corrected chi connectivity index (χ0v) is 12.1. The highest BCUT2D eigenvalue weighted by Crippen LogP contribution is 2.08. The third-order valence-electron chi connectivity index (χ3n) is 3.71. The normalized spacial score (nSPS) is 16.3. The highest BCUT2D eigenvalue weighted by Gasteiger charge is 2.10. The van der Waals surface area contributed by atoms with Crippen molar-refractivity contribution in [3.05, 3.63) is 24.0 Å². The van der Waals surface area contributed by atoms with Gasteiger partial charge >= 0.3 is 0 Å². The number of ether oxygens (including phenoxy) is 1. The Morgan fingerprint density at radius 2 is 2.11 bits per heavy atom. The van der Waals surface area contributed by atoms with Crippen molar-refractivity contribution in [3.63, 3.8) is 0 Å². The molecule has 1 fully saturated rings. The second-order valence-electron chi connectivity index (χ2n) is 5.33. The summed E-state index contributed by atoms with van der Waals surface area (Å²) in [4.78, 5) is 2.58. The Labute approximate surface area is 116 Å². The number of nitrogens with zero attached hydrogens (tertiary/aromatic N) is 2. The first-order valence-electron chi connectivity index (χ1n) is 7.45. The first-order valence-corrected chi connectivity index (χ1v) is 7.45. The fourth-order valence-electron chi connectivity index (χ4n) is 2.62. The molecule has 0 aliphatic carbocycles. The summed E-state index contributed by atoms with van der Waals surface area (Å²) < 4.78 is 7.32. The van der Waals surface area contributed by atoms with Crippen LogP contribution in [0.1, 0.15) is 24.8 Å². The Kier molecular flexibility index (Phi) is 6.41. The van der Waals surface area contributed by atoms with Gasteiger partial charge in [0.15, 0.2) is 0 Å². The number of hydrogen-bond acceptors (Lipinski definition) is 3. The van der Waals surface area contributed by atoms with Gasteiger partial charge in [-0.05, 0) is 50.5 Å². The molecular formula is C15H27N3O. The van der Waals surface area contributed by atoms with Crippen LogP contribution >= 0.6 is 0 Å². The third-order valence-corrected chi connectivity index (χ3v) is 3.71. The molecule has 0 saturated carbocycles. The largest absolute Gasteiger partial charge is 0.383 e. The topological polar surface area (TPSA) is 29.4 Å². The number of likely N-dealkylation sites (tertiary alicyclic amines) is 1. The molecule has 2 heterocycles. The van der Waals surface area contributed by atoms with Gasteiger partial charge in [-0.3, -0.25) is 0 Å². The Morgan fingerprint density at radius 1 is 1.26 bits per heavy atom. The molecule has 1 saturated heterocycles. The van der Waals surface area contributed by atoms with Crippen molar-refractivity contribution in [3.8, 4) is 0 Å². The van der Waals surface area contributed by atoms with Gasteiger partial charge in [0.05, 0.1) is 6.61 Å². The zero-order valence-electron chi connectivity index (χ0n) is 12.1. The number of rotatable bonds is 9. The Hall–Kier alpha value is -0.840. The van der Waals surface area contributed by atoms with Crippen molar-refractivity contribution in [1.29, 1.82) is 0 Å². The van der Waals surface area contributed by atoms with Crippen LogP contribution in [0.5, 0.6) is 0 Å². The third kappa shape index (κ3) is 5.35. The van der Waals surface area contributed by atoms with Crippen LogP contribution in [-0.2, 0) is 17.8 Å². The van der Waals surface area contributed by atoms with Crippen LogP contribution < -0.4 is 5.32 Å². The van der Waals surface area contributed by atoms with Gasteiger partial charge in [-0.1, -0.05) is 0 Å². The van der Waals surface area contributed by atoms with Crippen LogP contribution in [-0.4, -0.2) is 49.4 Å². The number of hydrogen-bond donors (Lipinski definition) is 1. The maximum absolute atomic E-state index is 5.01. The van der Waals surface area contributed by atoms with Gasteiger partial charge in [0, 0.05) is 39.1 Å². The fraction of sp³-hybridized carbons (Fsp3) is 0.733. The molecule has 0 amide bonds. The molecule has 1 aromatic heterocycles. The first kappa shape index (κ1) is 14.6. The van der Waals surface area contributed by atoms with E-state index >= 15 is 0 Å². The van der Waals surface area contributed by atoms with Gasteiger partial charge in [0.1, 0.15) is 0 Å². The number of aryl methyl sites for hydroxylation is 1. The maximum Gasteiger partial charge on any atom is 0.0587 e. The standard InChI is InChI=1S/C15H27N3O/c1-19-12-6-16-13-15-5-11-18(14-15)10-4-9-17-7-2-3-8-17/h5,11,14,16H,2-4,6-10,12-13H2,1H3. The summed E-state index contributed by atoms with van der Waals surface area (Å²) in [5.74, 6) is 0. The lowest BCUT2D eigenvalue weighted by molar-refractivity contribution is 0.199. The van der Waals surface area contributed by atoms with Crippen LogP contribution in [0.4, 0.5) is 0 Å². The molecule has 2 rings (SSSR count). The van der Waals surface area contributed by atoms with E-state index < -0.39 is 0 Å². The van der Waals surface area contributed by atoms with Gasteiger partial charge in [-0.15, -0.1) is 0 Å². The summed E-state index contributed by atoms with van der Waals surface area (Å²) in [6.45, 7) is 7.62. The second-order valence-corrected chi connectivity index (χ2v) is 5.33. The molecule has 0 radical (unpaired) electrons. The van der Waals surface area contributed by atoms with E-state index in [2.05, 4.69) is 33.2 Å².